The Labute approximate surface area is 167 Å². The molecule has 2 amide bonds. The number of nitrogens with one attached hydrogen (secondary N) is 2. The Morgan fingerprint density at radius 2 is 2.14 bits per heavy atom. The van der Waals surface area contributed by atoms with E-state index in [1.54, 1.807) is 29.7 Å². The van der Waals surface area contributed by atoms with Crippen LogP contribution in [-0.4, -0.2) is 57.8 Å². The molecule has 0 bridgehead atoms. The maximum absolute atomic E-state index is 12.3. The maximum Gasteiger partial charge on any atom is 0.230 e. The van der Waals surface area contributed by atoms with E-state index >= 15 is 0 Å². The van der Waals surface area contributed by atoms with Crippen LogP contribution in [0.25, 0.3) is 5.69 Å². The van der Waals surface area contributed by atoms with Crippen LogP contribution in [0.5, 0.6) is 0 Å². The molecule has 0 radical (unpaired) electrons. The number of thioether (sulfide) groups is 1. The summed E-state index contributed by atoms with van der Waals surface area (Å²) >= 11 is 1.20. The van der Waals surface area contributed by atoms with E-state index in [1.165, 1.54) is 25.0 Å². The number of anilines is 1. The molecule has 1 aliphatic rings. The molecule has 1 saturated heterocycles. The Kier molecular flexibility index (Phi) is 5.75. The molecular weight excluding hydrogens is 402 g/mol. The number of rotatable bonds is 6. The first-order valence-corrected chi connectivity index (χ1v) is 11.4. The highest BCUT2D eigenvalue weighted by Gasteiger charge is 2.39. The number of sulfone groups is 1. The minimum absolute atomic E-state index is 0.0392. The van der Waals surface area contributed by atoms with Gasteiger partial charge in [0.05, 0.1) is 28.5 Å². The number of hydrogen-bond donors (Lipinski definition) is 2. The van der Waals surface area contributed by atoms with Crippen LogP contribution >= 0.6 is 11.8 Å². The van der Waals surface area contributed by atoms with Gasteiger partial charge in [0.15, 0.2) is 15.0 Å². The molecule has 1 aliphatic heterocycles. The Balaban J connectivity index is 1.65. The molecule has 11 heteroatoms. The van der Waals surface area contributed by atoms with Gasteiger partial charge in [-0.25, -0.2) is 8.42 Å². The van der Waals surface area contributed by atoms with E-state index in [2.05, 4.69) is 20.8 Å². The topological polar surface area (TPSA) is 123 Å². The van der Waals surface area contributed by atoms with Gasteiger partial charge in [-0.2, -0.15) is 0 Å². The van der Waals surface area contributed by atoms with Crippen molar-refractivity contribution in [1.29, 1.82) is 0 Å². The third kappa shape index (κ3) is 5.10. The van der Waals surface area contributed by atoms with Gasteiger partial charge in [-0.1, -0.05) is 17.8 Å². The summed E-state index contributed by atoms with van der Waals surface area (Å²) in [5, 5.41) is 14.0. The SMILES string of the molecule is CC(=O)Nc1cccc(-n2cnnc2SCC(=O)NC2(C)CCS(=O)(=O)C2)c1. The van der Waals surface area contributed by atoms with Crippen molar-refractivity contribution in [3.8, 4) is 5.69 Å². The van der Waals surface area contributed by atoms with Gasteiger partial charge in [-0.05, 0) is 31.5 Å². The molecular formula is C17H21N5O4S2. The van der Waals surface area contributed by atoms with Gasteiger partial charge in [0.25, 0.3) is 0 Å². The third-order valence-corrected chi connectivity index (χ3v) is 7.08. The lowest BCUT2D eigenvalue weighted by molar-refractivity contribution is -0.120. The zero-order chi connectivity index (χ0) is 20.4. The minimum Gasteiger partial charge on any atom is -0.349 e. The van der Waals surface area contributed by atoms with Crippen LogP contribution in [0.1, 0.15) is 20.3 Å². The predicted octanol–water partition coefficient (Wildman–Crippen LogP) is 1.01. The average molecular weight is 424 g/mol. The van der Waals surface area contributed by atoms with Gasteiger partial charge in [0.2, 0.25) is 11.8 Å². The fourth-order valence-electron chi connectivity index (χ4n) is 3.05. The van der Waals surface area contributed by atoms with Gasteiger partial charge < -0.3 is 10.6 Å². The zero-order valence-electron chi connectivity index (χ0n) is 15.5. The Bertz CT molecular complexity index is 1000. The van der Waals surface area contributed by atoms with E-state index in [4.69, 9.17) is 0 Å². The molecule has 1 aromatic carbocycles. The third-order valence-electron chi connectivity index (χ3n) is 4.24. The van der Waals surface area contributed by atoms with Gasteiger partial charge in [-0.3, -0.25) is 14.2 Å². The van der Waals surface area contributed by atoms with Crippen molar-refractivity contribution >= 4 is 39.1 Å². The average Bonchev–Trinajstić information content (AvgIpc) is 3.16. The van der Waals surface area contributed by atoms with Crippen LogP contribution in [0.15, 0.2) is 35.7 Å². The highest BCUT2D eigenvalue weighted by Crippen LogP contribution is 2.24. The van der Waals surface area contributed by atoms with Crippen LogP contribution in [-0.2, 0) is 19.4 Å². The number of amides is 2. The van der Waals surface area contributed by atoms with Gasteiger partial charge >= 0.3 is 0 Å². The molecule has 1 aromatic heterocycles. The van der Waals surface area contributed by atoms with Crippen LogP contribution in [0.3, 0.4) is 0 Å². The fraction of sp³-hybridized carbons (Fsp3) is 0.412. The number of aromatic nitrogens is 3. The van der Waals surface area contributed by atoms with E-state index in [1.807, 2.05) is 6.07 Å². The second kappa shape index (κ2) is 7.92. The number of benzene rings is 1. The Hall–Kier alpha value is -2.40. The van der Waals surface area contributed by atoms with Gasteiger partial charge in [0, 0.05) is 12.6 Å². The second-order valence-corrected chi connectivity index (χ2v) is 10.1. The van der Waals surface area contributed by atoms with E-state index in [0.29, 0.717) is 17.3 Å². The van der Waals surface area contributed by atoms with Crippen molar-refractivity contribution in [2.45, 2.75) is 31.0 Å². The summed E-state index contributed by atoms with van der Waals surface area (Å²) in [5.74, 6) is -0.293. The Morgan fingerprint density at radius 1 is 1.36 bits per heavy atom. The minimum atomic E-state index is -3.09. The quantitative estimate of drug-likeness (QED) is 0.665. The summed E-state index contributed by atoms with van der Waals surface area (Å²) in [6, 6.07) is 7.18. The van der Waals surface area contributed by atoms with E-state index < -0.39 is 15.4 Å². The molecule has 0 aliphatic carbocycles. The van der Waals surface area contributed by atoms with Gasteiger partial charge in [-0.15, -0.1) is 10.2 Å². The summed E-state index contributed by atoms with van der Waals surface area (Å²) in [5.41, 5.74) is 0.660. The molecule has 2 N–H and O–H groups in total. The summed E-state index contributed by atoms with van der Waals surface area (Å²) in [7, 11) is -3.09. The molecule has 0 spiro atoms. The van der Waals surface area contributed by atoms with Crippen LogP contribution in [0, 0.1) is 0 Å². The van der Waals surface area contributed by atoms with Crippen molar-refractivity contribution in [3.63, 3.8) is 0 Å². The lowest BCUT2D eigenvalue weighted by Gasteiger charge is -2.23. The first-order chi connectivity index (χ1) is 13.2. The molecule has 9 nitrogen and oxygen atoms in total. The fourth-order valence-corrected chi connectivity index (χ4v) is 5.87. The standard InChI is InChI=1S/C17H21N5O4S2/c1-12(23)19-13-4-3-5-14(8-13)22-11-18-21-16(22)27-9-15(24)20-17(2)6-7-28(25,26)10-17/h3-5,8,11H,6-7,9-10H2,1-2H3,(H,19,23)(H,20,24). The second-order valence-electron chi connectivity index (χ2n) is 6.95. The number of hydrogen-bond acceptors (Lipinski definition) is 7. The summed E-state index contributed by atoms with van der Waals surface area (Å²) in [6.45, 7) is 3.18. The van der Waals surface area contributed by atoms with Crippen molar-refractivity contribution < 1.29 is 18.0 Å². The van der Waals surface area contributed by atoms with E-state index in [9.17, 15) is 18.0 Å². The van der Waals surface area contributed by atoms with Gasteiger partial charge in [0.1, 0.15) is 6.33 Å². The number of nitrogens with zero attached hydrogens (tertiary/aromatic N) is 3. The van der Waals surface area contributed by atoms with Crippen molar-refractivity contribution in [2.24, 2.45) is 0 Å². The molecule has 1 unspecified atom stereocenters. The lowest BCUT2D eigenvalue weighted by Crippen LogP contribution is -2.47. The normalized spacial score (nSPS) is 20.6. The predicted molar refractivity (Wildman–Crippen MR) is 106 cm³/mol. The largest absolute Gasteiger partial charge is 0.349 e. The number of carbonyl (C=O) groups is 2. The molecule has 2 heterocycles. The molecule has 1 fully saturated rings. The molecule has 3 rings (SSSR count). The smallest absolute Gasteiger partial charge is 0.230 e. The van der Waals surface area contributed by atoms with Crippen molar-refractivity contribution in [2.75, 3.05) is 22.6 Å². The van der Waals surface area contributed by atoms with Crippen LogP contribution in [0.4, 0.5) is 5.69 Å². The molecule has 28 heavy (non-hydrogen) atoms. The first kappa shape index (κ1) is 20.3. The monoisotopic (exact) mass is 423 g/mol. The highest BCUT2D eigenvalue weighted by atomic mass is 32.2. The molecule has 2 aromatic rings. The summed E-state index contributed by atoms with van der Waals surface area (Å²) in [4.78, 5) is 23.5. The Morgan fingerprint density at radius 3 is 2.82 bits per heavy atom. The zero-order valence-corrected chi connectivity index (χ0v) is 17.1. The highest BCUT2D eigenvalue weighted by molar-refractivity contribution is 7.99. The molecule has 150 valence electrons. The van der Waals surface area contributed by atoms with Crippen molar-refractivity contribution in [3.05, 3.63) is 30.6 Å². The lowest BCUT2D eigenvalue weighted by atomic mass is 10.0. The van der Waals surface area contributed by atoms with Crippen molar-refractivity contribution in [1.82, 2.24) is 20.1 Å². The summed E-state index contributed by atoms with van der Waals surface area (Å²) < 4.78 is 25.0. The molecule has 0 saturated carbocycles. The first-order valence-electron chi connectivity index (χ1n) is 8.58. The maximum atomic E-state index is 12.3. The van der Waals surface area contributed by atoms with E-state index in [-0.39, 0.29) is 29.1 Å². The number of carbonyl (C=O) groups excluding carboxylic acids is 2. The molecule has 1 atom stereocenters. The van der Waals surface area contributed by atoms with Crippen LogP contribution in [0.2, 0.25) is 0 Å². The van der Waals surface area contributed by atoms with E-state index in [0.717, 1.165) is 5.69 Å². The van der Waals surface area contributed by atoms with Crippen LogP contribution < -0.4 is 10.6 Å². The summed E-state index contributed by atoms with van der Waals surface area (Å²) in [6.07, 6.45) is 1.94.